The molecule has 0 aliphatic carbocycles. The molecule has 1 rings (SSSR count). The summed E-state index contributed by atoms with van der Waals surface area (Å²) < 4.78 is 0. The molecule has 1 unspecified atom stereocenters. The molecule has 118 valence electrons. The Hall–Kier alpha value is -1.39. The first-order chi connectivity index (χ1) is 10.1. The summed E-state index contributed by atoms with van der Waals surface area (Å²) in [6.07, 6.45) is 3.99. The molecule has 0 heterocycles. The molecule has 1 atom stereocenters. The Bertz CT molecular complexity index is 429. The molecule has 0 bridgehead atoms. The van der Waals surface area contributed by atoms with E-state index in [0.29, 0.717) is 18.5 Å². The van der Waals surface area contributed by atoms with Gasteiger partial charge in [0.1, 0.15) is 0 Å². The number of benzene rings is 1. The monoisotopic (exact) mass is 292 g/mol. The van der Waals surface area contributed by atoms with Crippen molar-refractivity contribution in [3.63, 3.8) is 0 Å². The second-order valence-corrected chi connectivity index (χ2v) is 5.47. The average Bonchev–Trinajstić information content (AvgIpc) is 2.48. The van der Waals surface area contributed by atoms with Crippen molar-refractivity contribution in [1.82, 2.24) is 5.32 Å². The third-order valence-electron chi connectivity index (χ3n) is 3.58. The number of aliphatic hydroxyl groups is 1. The van der Waals surface area contributed by atoms with E-state index in [9.17, 15) is 9.90 Å². The molecule has 4 nitrogen and oxygen atoms in total. The van der Waals surface area contributed by atoms with Gasteiger partial charge in [0.25, 0.3) is 5.91 Å². The lowest BCUT2D eigenvalue weighted by atomic mass is 10.0. The van der Waals surface area contributed by atoms with E-state index < -0.39 is 6.10 Å². The van der Waals surface area contributed by atoms with E-state index in [4.69, 9.17) is 5.73 Å². The zero-order valence-electron chi connectivity index (χ0n) is 13.1. The van der Waals surface area contributed by atoms with Crippen molar-refractivity contribution in [3.8, 4) is 0 Å². The lowest BCUT2D eigenvalue weighted by molar-refractivity contribution is 0.0932. The molecule has 4 heteroatoms. The molecule has 1 aromatic carbocycles. The smallest absolute Gasteiger partial charge is 0.251 e. The normalized spacial score (nSPS) is 12.4. The average molecular weight is 292 g/mol. The highest BCUT2D eigenvalue weighted by molar-refractivity contribution is 5.94. The van der Waals surface area contributed by atoms with Crippen LogP contribution in [0.4, 0.5) is 0 Å². The first-order valence-corrected chi connectivity index (χ1v) is 7.91. The summed E-state index contributed by atoms with van der Waals surface area (Å²) >= 11 is 0. The Morgan fingerprint density at radius 2 is 1.90 bits per heavy atom. The third-order valence-corrected chi connectivity index (χ3v) is 3.58. The predicted molar refractivity (Wildman–Crippen MR) is 86.1 cm³/mol. The molecule has 1 aromatic rings. The number of carbonyl (C=O) groups is 1. The van der Waals surface area contributed by atoms with Crippen LogP contribution in [-0.2, 0) is 0 Å². The molecule has 0 aromatic heterocycles. The van der Waals surface area contributed by atoms with Crippen LogP contribution < -0.4 is 11.1 Å². The van der Waals surface area contributed by atoms with Crippen LogP contribution in [0, 0.1) is 0 Å². The van der Waals surface area contributed by atoms with Gasteiger partial charge < -0.3 is 16.2 Å². The van der Waals surface area contributed by atoms with Crippen molar-refractivity contribution in [3.05, 3.63) is 35.4 Å². The van der Waals surface area contributed by atoms with Gasteiger partial charge in [-0.2, -0.15) is 0 Å². The van der Waals surface area contributed by atoms with Crippen molar-refractivity contribution in [1.29, 1.82) is 0 Å². The lowest BCUT2D eigenvalue weighted by Crippen LogP contribution is -2.34. The van der Waals surface area contributed by atoms with Crippen LogP contribution in [0.5, 0.6) is 0 Å². The standard InChI is InChI=1S/C17H28N2O2/c1-3-6-15(7-4-2)19-17(21)14-9-5-8-13(12-14)16(20)10-11-18/h5,8-9,12,15-16,20H,3-4,6-7,10-11,18H2,1-2H3,(H,19,21). The van der Waals surface area contributed by atoms with Crippen LogP contribution in [0.1, 0.15) is 68.0 Å². The van der Waals surface area contributed by atoms with Crippen molar-refractivity contribution in [2.75, 3.05) is 6.54 Å². The number of amides is 1. The van der Waals surface area contributed by atoms with Gasteiger partial charge in [-0.1, -0.05) is 38.8 Å². The van der Waals surface area contributed by atoms with Crippen LogP contribution in [0.15, 0.2) is 24.3 Å². The molecular formula is C17H28N2O2. The lowest BCUT2D eigenvalue weighted by Gasteiger charge is -2.18. The minimum Gasteiger partial charge on any atom is -0.388 e. The van der Waals surface area contributed by atoms with Crippen LogP contribution in [0.2, 0.25) is 0 Å². The van der Waals surface area contributed by atoms with Crippen molar-refractivity contribution in [2.45, 2.75) is 58.1 Å². The molecule has 1 amide bonds. The second-order valence-electron chi connectivity index (χ2n) is 5.47. The highest BCUT2D eigenvalue weighted by Crippen LogP contribution is 2.17. The Labute approximate surface area is 127 Å². The molecule has 0 fully saturated rings. The van der Waals surface area contributed by atoms with E-state index >= 15 is 0 Å². The fourth-order valence-corrected chi connectivity index (χ4v) is 2.47. The maximum atomic E-state index is 12.3. The fraction of sp³-hybridized carbons (Fsp3) is 0.588. The highest BCUT2D eigenvalue weighted by atomic mass is 16.3. The number of nitrogens with one attached hydrogen (secondary N) is 1. The Morgan fingerprint density at radius 1 is 1.24 bits per heavy atom. The summed E-state index contributed by atoms with van der Waals surface area (Å²) in [6.45, 7) is 4.67. The molecule has 0 saturated carbocycles. The van der Waals surface area contributed by atoms with Crippen LogP contribution in [0.3, 0.4) is 0 Å². The van der Waals surface area contributed by atoms with Crippen molar-refractivity contribution < 1.29 is 9.90 Å². The maximum absolute atomic E-state index is 12.3. The SMILES string of the molecule is CCCC(CCC)NC(=O)c1cccc(C(O)CCN)c1. The molecule has 0 spiro atoms. The quantitative estimate of drug-likeness (QED) is 0.655. The van der Waals surface area contributed by atoms with Gasteiger partial charge in [-0.15, -0.1) is 0 Å². The summed E-state index contributed by atoms with van der Waals surface area (Å²) in [4.78, 5) is 12.3. The van der Waals surface area contributed by atoms with Gasteiger partial charge in [0.05, 0.1) is 6.10 Å². The molecule has 4 N–H and O–H groups in total. The molecule has 0 aliphatic rings. The largest absolute Gasteiger partial charge is 0.388 e. The van der Waals surface area contributed by atoms with E-state index in [0.717, 1.165) is 31.2 Å². The van der Waals surface area contributed by atoms with Gasteiger partial charge >= 0.3 is 0 Å². The summed E-state index contributed by atoms with van der Waals surface area (Å²) in [5.41, 5.74) is 6.80. The highest BCUT2D eigenvalue weighted by Gasteiger charge is 2.14. The second kappa shape index (κ2) is 9.53. The number of hydrogen-bond acceptors (Lipinski definition) is 3. The Balaban J connectivity index is 2.75. The van der Waals surface area contributed by atoms with Gasteiger partial charge in [-0.25, -0.2) is 0 Å². The maximum Gasteiger partial charge on any atom is 0.251 e. The first-order valence-electron chi connectivity index (χ1n) is 7.91. The number of rotatable bonds is 9. The van der Waals surface area contributed by atoms with Crippen LogP contribution in [0.25, 0.3) is 0 Å². The van der Waals surface area contributed by atoms with Gasteiger partial charge in [0.2, 0.25) is 0 Å². The van der Waals surface area contributed by atoms with E-state index in [-0.39, 0.29) is 11.9 Å². The van der Waals surface area contributed by atoms with Gasteiger partial charge in [0, 0.05) is 11.6 Å². The fourth-order valence-electron chi connectivity index (χ4n) is 2.47. The van der Waals surface area contributed by atoms with Gasteiger partial charge in [-0.3, -0.25) is 4.79 Å². The minimum atomic E-state index is -0.607. The van der Waals surface area contributed by atoms with E-state index in [1.807, 2.05) is 6.07 Å². The zero-order valence-corrected chi connectivity index (χ0v) is 13.1. The van der Waals surface area contributed by atoms with Crippen molar-refractivity contribution >= 4 is 5.91 Å². The third kappa shape index (κ3) is 5.86. The van der Waals surface area contributed by atoms with Gasteiger partial charge in [-0.05, 0) is 43.5 Å². The number of nitrogens with two attached hydrogens (primary N) is 1. The first kappa shape index (κ1) is 17.7. The van der Waals surface area contributed by atoms with Crippen molar-refractivity contribution in [2.24, 2.45) is 5.73 Å². The Kier molecular flexibility index (Phi) is 8.01. The molecular weight excluding hydrogens is 264 g/mol. The number of carbonyl (C=O) groups excluding carboxylic acids is 1. The molecule has 21 heavy (non-hydrogen) atoms. The number of hydrogen-bond donors (Lipinski definition) is 3. The van der Waals surface area contributed by atoms with Gasteiger partial charge in [0.15, 0.2) is 0 Å². The zero-order chi connectivity index (χ0) is 15.7. The predicted octanol–water partition coefficient (Wildman–Crippen LogP) is 2.77. The molecule has 0 radical (unpaired) electrons. The Morgan fingerprint density at radius 3 is 2.48 bits per heavy atom. The van der Waals surface area contributed by atoms with Crippen LogP contribution >= 0.6 is 0 Å². The summed E-state index contributed by atoms with van der Waals surface area (Å²) in [5.74, 6) is -0.0660. The molecule has 0 aliphatic heterocycles. The summed E-state index contributed by atoms with van der Waals surface area (Å²) in [6, 6.07) is 7.39. The number of aliphatic hydroxyl groups excluding tert-OH is 1. The van der Waals surface area contributed by atoms with Crippen LogP contribution in [-0.4, -0.2) is 23.6 Å². The van der Waals surface area contributed by atoms with E-state index in [1.165, 1.54) is 0 Å². The summed E-state index contributed by atoms with van der Waals surface area (Å²) in [5, 5.41) is 13.1. The summed E-state index contributed by atoms with van der Waals surface area (Å²) in [7, 11) is 0. The van der Waals surface area contributed by atoms with E-state index in [2.05, 4.69) is 19.2 Å². The molecule has 0 saturated heterocycles. The topological polar surface area (TPSA) is 75.3 Å². The van der Waals surface area contributed by atoms with E-state index in [1.54, 1.807) is 18.2 Å². The minimum absolute atomic E-state index is 0.0660.